The molecule has 0 aromatic heterocycles. The smallest absolute Gasteiger partial charge is 0.330 e. The van der Waals surface area contributed by atoms with E-state index in [9.17, 15) is 18.4 Å². The standard InChI is InChI=1S/C18H18F2N2O3/c1-18(17(24)25-2,14-10-12(19)8-9-15(14)20)21-11-16(23)22-13-6-4-3-5-7-13/h3-10,21H,11H2,1-2H3,(H,22,23)/t18-/m0/s1. The summed E-state index contributed by atoms with van der Waals surface area (Å²) in [5.41, 5.74) is -1.40. The fourth-order valence-corrected chi connectivity index (χ4v) is 2.35. The van der Waals surface area contributed by atoms with Crippen LogP contribution in [0.2, 0.25) is 0 Å². The quantitative estimate of drug-likeness (QED) is 0.788. The second-order valence-corrected chi connectivity index (χ2v) is 5.51. The van der Waals surface area contributed by atoms with E-state index in [4.69, 9.17) is 4.74 Å². The number of hydrogen-bond donors (Lipinski definition) is 2. The SMILES string of the molecule is COC(=O)[C@@](C)(NCC(=O)Nc1ccccc1)c1cc(F)ccc1F. The number of halogens is 2. The van der Waals surface area contributed by atoms with E-state index >= 15 is 0 Å². The number of anilines is 1. The van der Waals surface area contributed by atoms with E-state index in [1.807, 2.05) is 0 Å². The normalized spacial score (nSPS) is 13.0. The lowest BCUT2D eigenvalue weighted by Gasteiger charge is -2.28. The molecule has 0 heterocycles. The molecule has 0 aliphatic heterocycles. The molecule has 0 saturated carbocycles. The molecule has 25 heavy (non-hydrogen) atoms. The summed E-state index contributed by atoms with van der Waals surface area (Å²) in [4.78, 5) is 24.2. The molecule has 0 aliphatic carbocycles. The number of esters is 1. The Morgan fingerprint density at radius 2 is 1.80 bits per heavy atom. The molecule has 0 spiro atoms. The predicted octanol–water partition coefficient (Wildman–Crippen LogP) is 2.58. The van der Waals surface area contributed by atoms with Gasteiger partial charge in [-0.3, -0.25) is 10.1 Å². The van der Waals surface area contributed by atoms with Crippen LogP contribution >= 0.6 is 0 Å². The minimum absolute atomic E-state index is 0.244. The molecule has 5 nitrogen and oxygen atoms in total. The number of hydrogen-bond acceptors (Lipinski definition) is 4. The maximum atomic E-state index is 14.1. The molecule has 2 aromatic carbocycles. The predicted molar refractivity (Wildman–Crippen MR) is 88.8 cm³/mol. The van der Waals surface area contributed by atoms with Crippen LogP contribution in [0, 0.1) is 11.6 Å². The minimum Gasteiger partial charge on any atom is -0.467 e. The van der Waals surface area contributed by atoms with Gasteiger partial charge in [0.25, 0.3) is 0 Å². The van der Waals surface area contributed by atoms with Crippen LogP contribution in [0.5, 0.6) is 0 Å². The molecule has 7 heteroatoms. The van der Waals surface area contributed by atoms with Gasteiger partial charge in [-0.25, -0.2) is 13.6 Å². The third-order valence-electron chi connectivity index (χ3n) is 3.72. The van der Waals surface area contributed by atoms with Crippen LogP contribution in [0.15, 0.2) is 48.5 Å². The summed E-state index contributed by atoms with van der Waals surface area (Å²) in [6, 6.07) is 11.5. The van der Waals surface area contributed by atoms with Crippen LogP contribution < -0.4 is 10.6 Å². The van der Waals surface area contributed by atoms with Crippen molar-refractivity contribution >= 4 is 17.6 Å². The summed E-state index contributed by atoms with van der Waals surface area (Å²) < 4.78 is 32.3. The summed E-state index contributed by atoms with van der Waals surface area (Å²) in [6.45, 7) is 1.02. The summed E-state index contributed by atoms with van der Waals surface area (Å²) in [6.07, 6.45) is 0. The van der Waals surface area contributed by atoms with Gasteiger partial charge < -0.3 is 10.1 Å². The highest BCUT2D eigenvalue weighted by Gasteiger charge is 2.39. The summed E-state index contributed by atoms with van der Waals surface area (Å²) in [5.74, 6) is -2.78. The molecule has 0 radical (unpaired) electrons. The lowest BCUT2D eigenvalue weighted by molar-refractivity contribution is -0.148. The monoisotopic (exact) mass is 348 g/mol. The van der Waals surface area contributed by atoms with Crippen molar-refractivity contribution in [3.63, 3.8) is 0 Å². The first kappa shape index (κ1) is 18.5. The van der Waals surface area contributed by atoms with Crippen molar-refractivity contribution in [3.05, 3.63) is 65.7 Å². The van der Waals surface area contributed by atoms with Crippen molar-refractivity contribution in [1.82, 2.24) is 5.32 Å². The number of rotatable bonds is 6. The van der Waals surface area contributed by atoms with Gasteiger partial charge in [0.15, 0.2) is 0 Å². The van der Waals surface area contributed by atoms with Crippen molar-refractivity contribution in [2.45, 2.75) is 12.5 Å². The molecule has 132 valence electrons. The Kier molecular flexibility index (Phi) is 5.82. The minimum atomic E-state index is -1.73. The molecule has 0 bridgehead atoms. The number of benzene rings is 2. The molecular formula is C18H18F2N2O3. The fourth-order valence-electron chi connectivity index (χ4n) is 2.35. The van der Waals surface area contributed by atoms with Crippen molar-refractivity contribution in [2.75, 3.05) is 19.0 Å². The van der Waals surface area contributed by atoms with E-state index in [-0.39, 0.29) is 12.1 Å². The Bertz CT molecular complexity index is 768. The molecular weight excluding hydrogens is 330 g/mol. The highest BCUT2D eigenvalue weighted by atomic mass is 19.1. The van der Waals surface area contributed by atoms with E-state index in [2.05, 4.69) is 10.6 Å². The van der Waals surface area contributed by atoms with Crippen LogP contribution in [-0.4, -0.2) is 25.5 Å². The van der Waals surface area contributed by atoms with Gasteiger partial charge in [-0.05, 0) is 37.3 Å². The molecule has 0 unspecified atom stereocenters. The first-order valence-corrected chi connectivity index (χ1v) is 7.50. The summed E-state index contributed by atoms with van der Waals surface area (Å²) in [7, 11) is 1.13. The molecule has 2 N–H and O–H groups in total. The average Bonchev–Trinajstić information content (AvgIpc) is 2.61. The van der Waals surface area contributed by atoms with Crippen LogP contribution in [0.3, 0.4) is 0 Å². The molecule has 1 atom stereocenters. The molecule has 0 fully saturated rings. The van der Waals surface area contributed by atoms with E-state index in [0.29, 0.717) is 5.69 Å². The number of methoxy groups -OCH3 is 1. The second-order valence-electron chi connectivity index (χ2n) is 5.51. The van der Waals surface area contributed by atoms with Gasteiger partial charge in [-0.1, -0.05) is 18.2 Å². The third-order valence-corrected chi connectivity index (χ3v) is 3.72. The topological polar surface area (TPSA) is 67.4 Å². The maximum Gasteiger partial charge on any atom is 0.330 e. The Balaban J connectivity index is 2.19. The van der Waals surface area contributed by atoms with Crippen molar-refractivity contribution in [1.29, 1.82) is 0 Å². The van der Waals surface area contributed by atoms with E-state index in [1.165, 1.54) is 6.92 Å². The largest absolute Gasteiger partial charge is 0.467 e. The van der Waals surface area contributed by atoms with Crippen molar-refractivity contribution < 1.29 is 23.1 Å². The Morgan fingerprint density at radius 1 is 1.12 bits per heavy atom. The van der Waals surface area contributed by atoms with E-state index in [0.717, 1.165) is 25.3 Å². The number of para-hydroxylation sites is 1. The Morgan fingerprint density at radius 3 is 2.44 bits per heavy atom. The average molecular weight is 348 g/mol. The third kappa shape index (κ3) is 4.39. The highest BCUT2D eigenvalue weighted by molar-refractivity contribution is 5.93. The van der Waals surface area contributed by atoms with E-state index < -0.39 is 29.0 Å². The van der Waals surface area contributed by atoms with Crippen molar-refractivity contribution in [2.24, 2.45) is 0 Å². The first-order chi connectivity index (χ1) is 11.9. The number of carbonyl (C=O) groups excluding carboxylic acids is 2. The first-order valence-electron chi connectivity index (χ1n) is 7.50. The zero-order valence-corrected chi connectivity index (χ0v) is 13.8. The van der Waals surface area contributed by atoms with Crippen LogP contribution in [0.4, 0.5) is 14.5 Å². The zero-order valence-electron chi connectivity index (χ0n) is 13.8. The highest BCUT2D eigenvalue weighted by Crippen LogP contribution is 2.26. The Labute approximate surface area is 144 Å². The van der Waals surface area contributed by atoms with Gasteiger partial charge in [0.05, 0.1) is 13.7 Å². The molecule has 2 aromatic rings. The van der Waals surface area contributed by atoms with Gasteiger partial charge in [-0.15, -0.1) is 0 Å². The van der Waals surface area contributed by atoms with Crippen molar-refractivity contribution in [3.8, 4) is 0 Å². The molecule has 0 saturated heterocycles. The van der Waals surface area contributed by atoms with Gasteiger partial charge in [0, 0.05) is 11.3 Å². The molecule has 1 amide bonds. The fraction of sp³-hybridized carbons (Fsp3) is 0.222. The van der Waals surface area contributed by atoms with Crippen LogP contribution in [0.25, 0.3) is 0 Å². The number of nitrogens with one attached hydrogen (secondary N) is 2. The number of ether oxygens (including phenoxy) is 1. The molecule has 2 rings (SSSR count). The number of carbonyl (C=O) groups is 2. The van der Waals surface area contributed by atoms with Gasteiger partial charge in [0.2, 0.25) is 5.91 Å². The Hall–Kier alpha value is -2.80. The maximum absolute atomic E-state index is 14.1. The van der Waals surface area contributed by atoms with Crippen LogP contribution in [-0.2, 0) is 19.9 Å². The lowest BCUT2D eigenvalue weighted by atomic mass is 9.91. The number of amides is 1. The van der Waals surface area contributed by atoms with Gasteiger partial charge in [0.1, 0.15) is 17.2 Å². The van der Waals surface area contributed by atoms with Gasteiger partial charge in [-0.2, -0.15) is 0 Å². The lowest BCUT2D eigenvalue weighted by Crippen LogP contribution is -2.50. The zero-order chi connectivity index (χ0) is 18.4. The van der Waals surface area contributed by atoms with Crippen LogP contribution in [0.1, 0.15) is 12.5 Å². The van der Waals surface area contributed by atoms with E-state index in [1.54, 1.807) is 30.3 Å². The molecule has 0 aliphatic rings. The summed E-state index contributed by atoms with van der Waals surface area (Å²) >= 11 is 0. The van der Waals surface area contributed by atoms with Gasteiger partial charge >= 0.3 is 5.97 Å². The summed E-state index contributed by atoms with van der Waals surface area (Å²) in [5, 5.41) is 5.29. The second kappa shape index (κ2) is 7.85.